The molecule has 6 N–H and O–H groups in total. The average Bonchev–Trinajstić information content (AvgIpc) is 3.23. The van der Waals surface area contributed by atoms with Gasteiger partial charge in [0.05, 0.1) is 11.6 Å². The third kappa shape index (κ3) is 3.67. The van der Waals surface area contributed by atoms with Crippen molar-refractivity contribution in [3.8, 4) is 5.75 Å². The van der Waals surface area contributed by atoms with Gasteiger partial charge in [0.1, 0.15) is 29.0 Å². The number of ketones is 2. The number of carbonyl (C=O) groups is 3. The fraction of sp³-hybridized carbons (Fsp3) is 0.500. The minimum atomic E-state index is -2.69. The number of fused-ring (bicyclic) bond motifs is 3. The van der Waals surface area contributed by atoms with Gasteiger partial charge in [0.25, 0.3) is 5.91 Å². The summed E-state index contributed by atoms with van der Waals surface area (Å²) in [4.78, 5) is 42.4. The normalized spacial score (nSPS) is 31.5. The standard InChI is InChI=1S/C26H29ClFN3O7/c1-30(2)20-14-6-10-5-13-17(15(32)7-11(19(13)27)8-31-4-3-12(28)9-31)21(33)16(10)23(35)26(14,38)24(36)18(22(20)34)25(29)37/h7,10,12,14,20,32,34-35,38H,3-6,8-9H2,1-2H3,(H2,29,37)/t10-,12+,14-,20-,26-/m0/s1. The van der Waals surface area contributed by atoms with Gasteiger partial charge in [0.2, 0.25) is 5.78 Å². The molecule has 3 aliphatic carbocycles. The summed E-state index contributed by atoms with van der Waals surface area (Å²) in [5, 5.41) is 44.8. The molecule has 0 radical (unpaired) electrons. The van der Waals surface area contributed by atoms with Gasteiger partial charge in [-0.25, -0.2) is 4.39 Å². The van der Waals surface area contributed by atoms with Gasteiger partial charge in [-0.1, -0.05) is 11.6 Å². The van der Waals surface area contributed by atoms with E-state index < -0.39 is 64.2 Å². The molecule has 5 rings (SSSR count). The number of nitrogens with two attached hydrogens (primary N) is 1. The van der Waals surface area contributed by atoms with Gasteiger partial charge in [-0.2, -0.15) is 0 Å². The average molecular weight is 550 g/mol. The second-order valence-electron chi connectivity index (χ2n) is 10.8. The minimum absolute atomic E-state index is 0.0251. The summed E-state index contributed by atoms with van der Waals surface area (Å²) in [7, 11) is 3.13. The Labute approximate surface area is 222 Å². The third-order valence-corrected chi connectivity index (χ3v) is 8.81. The fourth-order valence-corrected chi connectivity index (χ4v) is 6.92. The first-order valence-electron chi connectivity index (χ1n) is 12.3. The van der Waals surface area contributed by atoms with Gasteiger partial charge in [0, 0.05) is 36.1 Å². The van der Waals surface area contributed by atoms with E-state index in [0.29, 0.717) is 24.1 Å². The van der Waals surface area contributed by atoms with E-state index in [-0.39, 0.29) is 47.8 Å². The van der Waals surface area contributed by atoms with Gasteiger partial charge in [-0.05, 0) is 56.5 Å². The fourth-order valence-electron chi connectivity index (χ4n) is 6.64. The highest BCUT2D eigenvalue weighted by Crippen LogP contribution is 2.53. The molecule has 204 valence electrons. The number of hydrogen-bond acceptors (Lipinski definition) is 9. The molecular formula is C26H29ClFN3O7. The number of phenolic OH excluding ortho intramolecular Hbond substituents is 1. The maximum Gasteiger partial charge on any atom is 0.255 e. The number of aliphatic hydroxyl groups is 3. The van der Waals surface area contributed by atoms with Crippen molar-refractivity contribution >= 4 is 29.1 Å². The predicted octanol–water partition coefficient (Wildman–Crippen LogP) is 1.32. The SMILES string of the molecule is CN(C)[C@@H]1C(O)=C(C(N)=O)C(=O)[C@@]2(O)C(O)=C3C(=O)c4c(O)cc(CN5CC[C@@H](F)C5)c(Cl)c4C[C@H]3C[C@@H]12. The van der Waals surface area contributed by atoms with Crippen molar-refractivity contribution in [2.24, 2.45) is 17.6 Å². The molecule has 12 heteroatoms. The van der Waals surface area contributed by atoms with Gasteiger partial charge >= 0.3 is 0 Å². The quantitative estimate of drug-likeness (QED) is 0.348. The zero-order chi connectivity index (χ0) is 27.8. The zero-order valence-electron chi connectivity index (χ0n) is 20.9. The van der Waals surface area contributed by atoms with E-state index in [4.69, 9.17) is 17.3 Å². The van der Waals surface area contributed by atoms with E-state index in [1.807, 2.05) is 4.90 Å². The molecule has 0 bridgehead atoms. The molecule has 1 aromatic carbocycles. The number of phenols is 1. The number of carbonyl (C=O) groups excluding carboxylic acids is 3. The molecule has 0 saturated carbocycles. The number of alkyl halides is 1. The summed E-state index contributed by atoms with van der Waals surface area (Å²) in [6.45, 7) is 1.05. The lowest BCUT2D eigenvalue weighted by atomic mass is 9.58. The Morgan fingerprint density at radius 3 is 2.55 bits per heavy atom. The summed E-state index contributed by atoms with van der Waals surface area (Å²) < 4.78 is 13.7. The number of aliphatic hydroxyl groups excluding tert-OH is 2. The summed E-state index contributed by atoms with van der Waals surface area (Å²) in [6, 6.07) is 0.266. The molecular weight excluding hydrogens is 521 g/mol. The van der Waals surface area contributed by atoms with E-state index in [1.165, 1.54) is 11.0 Å². The monoisotopic (exact) mass is 549 g/mol. The number of likely N-dealkylation sites (N-methyl/N-ethyl adjacent to an activating group) is 1. The Morgan fingerprint density at radius 2 is 1.97 bits per heavy atom. The number of primary amides is 1. The summed E-state index contributed by atoms with van der Waals surface area (Å²) in [5.74, 6) is -7.14. The third-order valence-electron chi connectivity index (χ3n) is 8.34. The number of allylic oxidation sites excluding steroid dienone is 1. The molecule has 1 aliphatic heterocycles. The Kier molecular flexibility index (Phi) is 6.33. The van der Waals surface area contributed by atoms with Gasteiger partial charge in [-0.15, -0.1) is 0 Å². The van der Waals surface area contributed by atoms with Crippen molar-refractivity contribution in [3.05, 3.63) is 50.4 Å². The van der Waals surface area contributed by atoms with Crippen molar-refractivity contribution in [3.63, 3.8) is 0 Å². The molecule has 0 unspecified atom stereocenters. The van der Waals surface area contributed by atoms with Crippen LogP contribution in [0.1, 0.15) is 34.3 Å². The molecule has 1 saturated heterocycles. The number of Topliss-reactive ketones (excluding diaryl/α,β-unsaturated/α-hetero) is 2. The van der Waals surface area contributed by atoms with Crippen LogP contribution in [0, 0.1) is 11.8 Å². The molecule has 4 aliphatic rings. The highest BCUT2D eigenvalue weighted by Gasteiger charge is 2.63. The largest absolute Gasteiger partial charge is 0.510 e. The molecule has 38 heavy (non-hydrogen) atoms. The van der Waals surface area contributed by atoms with Crippen LogP contribution in [0.3, 0.4) is 0 Å². The van der Waals surface area contributed by atoms with E-state index in [0.717, 1.165) is 0 Å². The van der Waals surface area contributed by atoms with E-state index in [2.05, 4.69) is 0 Å². The second kappa shape index (κ2) is 9.04. The van der Waals surface area contributed by atoms with Crippen LogP contribution in [0.15, 0.2) is 28.7 Å². The molecule has 1 fully saturated rings. The lowest BCUT2D eigenvalue weighted by molar-refractivity contribution is -0.148. The summed E-state index contributed by atoms with van der Waals surface area (Å²) in [6.07, 6.45) is -0.470. The van der Waals surface area contributed by atoms with Crippen LogP contribution in [0.4, 0.5) is 4.39 Å². The number of hydrogen-bond donors (Lipinski definition) is 5. The summed E-state index contributed by atoms with van der Waals surface area (Å²) >= 11 is 6.72. The molecule has 1 heterocycles. The first-order chi connectivity index (χ1) is 17.8. The first-order valence-corrected chi connectivity index (χ1v) is 12.7. The maximum absolute atomic E-state index is 13.7. The van der Waals surface area contributed by atoms with Crippen molar-refractivity contribution in [2.45, 2.75) is 43.6 Å². The number of benzene rings is 1. The van der Waals surface area contributed by atoms with Crippen LogP contribution < -0.4 is 5.73 Å². The summed E-state index contributed by atoms with van der Waals surface area (Å²) in [5.41, 5.74) is 2.27. The molecule has 1 aromatic rings. The lowest BCUT2D eigenvalue weighted by Crippen LogP contribution is -2.63. The number of halogens is 2. The molecule has 10 nitrogen and oxygen atoms in total. The highest BCUT2D eigenvalue weighted by atomic mass is 35.5. The Bertz CT molecular complexity index is 1340. The number of aromatic hydroxyl groups is 1. The van der Waals surface area contributed by atoms with Crippen LogP contribution in [-0.4, -0.2) is 92.7 Å². The van der Waals surface area contributed by atoms with Crippen LogP contribution in [0.5, 0.6) is 5.75 Å². The predicted molar refractivity (Wildman–Crippen MR) is 133 cm³/mol. The maximum atomic E-state index is 13.7. The van der Waals surface area contributed by atoms with Crippen LogP contribution in [0.25, 0.3) is 0 Å². The van der Waals surface area contributed by atoms with Crippen molar-refractivity contribution < 1.29 is 39.2 Å². The highest BCUT2D eigenvalue weighted by molar-refractivity contribution is 6.33. The second-order valence-corrected chi connectivity index (χ2v) is 11.2. The van der Waals surface area contributed by atoms with Crippen LogP contribution in [0.2, 0.25) is 5.02 Å². The van der Waals surface area contributed by atoms with E-state index in [1.54, 1.807) is 14.1 Å². The lowest BCUT2D eigenvalue weighted by Gasteiger charge is -2.50. The molecule has 1 amide bonds. The van der Waals surface area contributed by atoms with Gasteiger partial charge in [0.15, 0.2) is 11.4 Å². The molecule has 5 atom stereocenters. The number of amides is 1. The van der Waals surface area contributed by atoms with Crippen molar-refractivity contribution in [2.75, 3.05) is 27.2 Å². The van der Waals surface area contributed by atoms with Gasteiger partial charge < -0.3 is 26.2 Å². The van der Waals surface area contributed by atoms with Crippen LogP contribution in [-0.2, 0) is 22.6 Å². The first kappa shape index (κ1) is 26.6. The Morgan fingerprint density at radius 1 is 1.29 bits per heavy atom. The Hall–Kier alpha value is -2.99. The molecule has 0 spiro atoms. The number of nitrogens with zero attached hydrogens (tertiary/aromatic N) is 2. The molecule has 0 aromatic heterocycles. The van der Waals surface area contributed by atoms with Crippen molar-refractivity contribution in [1.82, 2.24) is 9.80 Å². The number of rotatable bonds is 4. The zero-order valence-corrected chi connectivity index (χ0v) is 21.6. The van der Waals surface area contributed by atoms with Crippen LogP contribution >= 0.6 is 11.6 Å². The minimum Gasteiger partial charge on any atom is -0.510 e. The number of likely N-dealkylation sites (tertiary alicyclic amines) is 1. The van der Waals surface area contributed by atoms with E-state index >= 15 is 0 Å². The smallest absolute Gasteiger partial charge is 0.255 e. The van der Waals surface area contributed by atoms with Crippen molar-refractivity contribution in [1.29, 1.82) is 0 Å². The van der Waals surface area contributed by atoms with Gasteiger partial charge in [-0.3, -0.25) is 24.2 Å². The van der Waals surface area contributed by atoms with E-state index in [9.17, 15) is 39.2 Å². The topological polar surface area (TPSA) is 165 Å². The Balaban J connectivity index is 1.62.